The Kier molecular flexibility index (Phi) is 2.73. The second-order valence-corrected chi connectivity index (χ2v) is 4.19. The Balaban J connectivity index is 2.60. The van der Waals surface area contributed by atoms with Gasteiger partial charge in [0.15, 0.2) is 0 Å². The Morgan fingerprint density at radius 1 is 1.58 bits per heavy atom. The monoisotopic (exact) mass is 171 g/mol. The predicted octanol–water partition coefficient (Wildman–Crippen LogP) is 1.24. The normalized spacial score (nSPS) is 29.3. The van der Waals surface area contributed by atoms with E-state index < -0.39 is 5.97 Å². The zero-order valence-electron chi connectivity index (χ0n) is 7.76. The van der Waals surface area contributed by atoms with E-state index in [2.05, 4.69) is 19.2 Å². The first-order valence-electron chi connectivity index (χ1n) is 4.49. The fourth-order valence-electron chi connectivity index (χ4n) is 1.78. The third-order valence-electron chi connectivity index (χ3n) is 2.44. The molecule has 0 aromatic carbocycles. The summed E-state index contributed by atoms with van der Waals surface area (Å²) in [4.78, 5) is 10.8. The van der Waals surface area contributed by atoms with E-state index in [4.69, 9.17) is 5.11 Å². The smallest absolute Gasteiger partial charge is 0.306 e. The lowest BCUT2D eigenvalue weighted by atomic mass is 9.90. The Morgan fingerprint density at radius 2 is 2.25 bits per heavy atom. The van der Waals surface area contributed by atoms with Crippen LogP contribution in [-0.2, 0) is 4.79 Å². The van der Waals surface area contributed by atoms with Crippen LogP contribution in [0.15, 0.2) is 0 Å². The second-order valence-electron chi connectivity index (χ2n) is 4.19. The summed E-state index contributed by atoms with van der Waals surface area (Å²) < 4.78 is 0. The molecular formula is C9H17NO2. The number of rotatable bonds is 1. The van der Waals surface area contributed by atoms with Crippen molar-refractivity contribution in [3.63, 3.8) is 0 Å². The van der Waals surface area contributed by atoms with Crippen molar-refractivity contribution >= 4 is 5.97 Å². The highest BCUT2D eigenvalue weighted by molar-refractivity contribution is 5.70. The molecule has 0 amide bonds. The molecule has 3 heteroatoms. The van der Waals surface area contributed by atoms with Gasteiger partial charge in [0.25, 0.3) is 0 Å². The van der Waals surface area contributed by atoms with Gasteiger partial charge in [-0.1, -0.05) is 0 Å². The second kappa shape index (κ2) is 3.44. The van der Waals surface area contributed by atoms with Gasteiger partial charge in [0.05, 0.1) is 5.92 Å². The standard InChI is InChI=1S/C9H17NO2/c1-9(2)6-7(8(11)12)4-3-5-10-9/h7,10H,3-6H2,1-2H3,(H,11,12). The largest absolute Gasteiger partial charge is 0.481 e. The van der Waals surface area contributed by atoms with Crippen LogP contribution in [0.3, 0.4) is 0 Å². The quantitative estimate of drug-likeness (QED) is 0.624. The van der Waals surface area contributed by atoms with Crippen LogP contribution in [0.1, 0.15) is 33.1 Å². The van der Waals surface area contributed by atoms with E-state index >= 15 is 0 Å². The van der Waals surface area contributed by atoms with Gasteiger partial charge < -0.3 is 10.4 Å². The Bertz CT molecular complexity index is 177. The molecular weight excluding hydrogens is 154 g/mol. The minimum atomic E-state index is -0.647. The van der Waals surface area contributed by atoms with Gasteiger partial charge in [-0.3, -0.25) is 4.79 Å². The minimum absolute atomic E-state index is 0.0143. The first-order chi connectivity index (χ1) is 5.51. The highest BCUT2D eigenvalue weighted by Crippen LogP contribution is 2.23. The Morgan fingerprint density at radius 3 is 2.83 bits per heavy atom. The zero-order valence-corrected chi connectivity index (χ0v) is 7.76. The van der Waals surface area contributed by atoms with Gasteiger partial charge in [0.2, 0.25) is 0 Å². The van der Waals surface area contributed by atoms with E-state index in [1.807, 2.05) is 0 Å². The maximum atomic E-state index is 10.8. The molecule has 0 saturated carbocycles. The van der Waals surface area contributed by atoms with Crippen LogP contribution in [0, 0.1) is 5.92 Å². The lowest BCUT2D eigenvalue weighted by Gasteiger charge is -2.25. The molecule has 0 aromatic heterocycles. The molecule has 0 radical (unpaired) electrons. The average Bonchev–Trinajstić information content (AvgIpc) is 2.10. The number of hydrogen-bond acceptors (Lipinski definition) is 2. The third kappa shape index (κ3) is 2.48. The fourth-order valence-corrected chi connectivity index (χ4v) is 1.78. The van der Waals surface area contributed by atoms with Crippen molar-refractivity contribution in [2.45, 2.75) is 38.6 Å². The summed E-state index contributed by atoms with van der Waals surface area (Å²) in [5.74, 6) is -0.804. The molecule has 0 bridgehead atoms. The third-order valence-corrected chi connectivity index (χ3v) is 2.44. The molecule has 0 aliphatic carbocycles. The highest BCUT2D eigenvalue weighted by Gasteiger charge is 2.29. The van der Waals surface area contributed by atoms with Crippen molar-refractivity contribution in [1.29, 1.82) is 0 Å². The average molecular weight is 171 g/mol. The summed E-state index contributed by atoms with van der Waals surface area (Å²) in [6.45, 7) is 5.07. The van der Waals surface area contributed by atoms with E-state index in [-0.39, 0.29) is 11.5 Å². The van der Waals surface area contributed by atoms with E-state index in [9.17, 15) is 4.79 Å². The predicted molar refractivity (Wildman–Crippen MR) is 47.1 cm³/mol. The number of carboxylic acids is 1. The van der Waals surface area contributed by atoms with Crippen LogP contribution in [0.5, 0.6) is 0 Å². The van der Waals surface area contributed by atoms with Gasteiger partial charge in [-0.15, -0.1) is 0 Å². The van der Waals surface area contributed by atoms with Gasteiger partial charge >= 0.3 is 5.97 Å². The number of aliphatic carboxylic acids is 1. The molecule has 70 valence electrons. The molecule has 1 aliphatic rings. The lowest BCUT2D eigenvalue weighted by Crippen LogP contribution is -2.40. The van der Waals surface area contributed by atoms with Crippen LogP contribution >= 0.6 is 0 Å². The van der Waals surface area contributed by atoms with E-state index in [1.54, 1.807) is 0 Å². The number of nitrogens with one attached hydrogen (secondary N) is 1. The van der Waals surface area contributed by atoms with Crippen molar-refractivity contribution in [1.82, 2.24) is 5.32 Å². The maximum absolute atomic E-state index is 10.8. The SMILES string of the molecule is CC1(C)CC(C(=O)O)CCCN1. The van der Waals surface area contributed by atoms with Crippen LogP contribution in [0.4, 0.5) is 0 Å². The van der Waals surface area contributed by atoms with Crippen molar-refractivity contribution < 1.29 is 9.90 Å². The van der Waals surface area contributed by atoms with E-state index in [0.29, 0.717) is 0 Å². The van der Waals surface area contributed by atoms with Crippen molar-refractivity contribution in [3.05, 3.63) is 0 Å². The summed E-state index contributed by atoms with van der Waals surface area (Å²) >= 11 is 0. The van der Waals surface area contributed by atoms with E-state index in [1.165, 1.54) is 0 Å². The molecule has 1 heterocycles. The van der Waals surface area contributed by atoms with Gasteiger partial charge in [-0.05, 0) is 39.7 Å². The Labute approximate surface area is 73.2 Å². The van der Waals surface area contributed by atoms with Gasteiger partial charge in [0, 0.05) is 5.54 Å². The molecule has 1 aliphatic heterocycles. The fraction of sp³-hybridized carbons (Fsp3) is 0.889. The summed E-state index contributed by atoms with van der Waals surface area (Å²) in [5, 5.41) is 12.2. The van der Waals surface area contributed by atoms with Gasteiger partial charge in [0.1, 0.15) is 0 Å². The number of carboxylic acid groups (broad SMARTS) is 1. The van der Waals surface area contributed by atoms with Gasteiger partial charge in [-0.2, -0.15) is 0 Å². The van der Waals surface area contributed by atoms with Crippen molar-refractivity contribution in [3.8, 4) is 0 Å². The summed E-state index contributed by atoms with van der Waals surface area (Å²) in [6.07, 6.45) is 2.52. The summed E-state index contributed by atoms with van der Waals surface area (Å²) in [6, 6.07) is 0. The van der Waals surface area contributed by atoms with Crippen molar-refractivity contribution in [2.24, 2.45) is 5.92 Å². The summed E-state index contributed by atoms with van der Waals surface area (Å²) in [7, 11) is 0. The van der Waals surface area contributed by atoms with Gasteiger partial charge in [-0.25, -0.2) is 0 Å². The number of hydrogen-bond donors (Lipinski definition) is 2. The molecule has 3 nitrogen and oxygen atoms in total. The van der Waals surface area contributed by atoms with Crippen LogP contribution < -0.4 is 5.32 Å². The zero-order chi connectivity index (χ0) is 9.19. The molecule has 1 rings (SSSR count). The van der Waals surface area contributed by atoms with E-state index in [0.717, 1.165) is 25.8 Å². The molecule has 12 heavy (non-hydrogen) atoms. The van der Waals surface area contributed by atoms with Crippen molar-refractivity contribution in [2.75, 3.05) is 6.54 Å². The highest BCUT2D eigenvalue weighted by atomic mass is 16.4. The minimum Gasteiger partial charge on any atom is -0.481 e. The topological polar surface area (TPSA) is 49.3 Å². The molecule has 1 fully saturated rings. The molecule has 2 N–H and O–H groups in total. The van der Waals surface area contributed by atoms with Crippen LogP contribution in [0.2, 0.25) is 0 Å². The molecule has 0 spiro atoms. The van der Waals surface area contributed by atoms with Crippen LogP contribution in [0.25, 0.3) is 0 Å². The first-order valence-corrected chi connectivity index (χ1v) is 4.49. The first kappa shape index (κ1) is 9.52. The molecule has 0 aromatic rings. The molecule has 1 unspecified atom stereocenters. The summed E-state index contributed by atoms with van der Waals surface area (Å²) in [5.41, 5.74) is -0.0143. The molecule has 1 atom stereocenters. The maximum Gasteiger partial charge on any atom is 0.306 e. The Hall–Kier alpha value is -0.570. The number of carbonyl (C=O) groups is 1. The lowest BCUT2D eigenvalue weighted by molar-refractivity contribution is -0.142. The molecule has 1 saturated heterocycles. The van der Waals surface area contributed by atoms with Crippen LogP contribution in [-0.4, -0.2) is 23.2 Å².